The van der Waals surface area contributed by atoms with E-state index in [1.165, 1.54) is 24.9 Å². The zero-order valence-corrected chi connectivity index (χ0v) is 19.2. The molecule has 22 heavy (non-hydrogen) atoms. The molecule has 0 atom stereocenters. The van der Waals surface area contributed by atoms with E-state index in [2.05, 4.69) is 39.7 Å². The van der Waals surface area contributed by atoms with Gasteiger partial charge in [0.05, 0.1) is 16.1 Å². The summed E-state index contributed by atoms with van der Waals surface area (Å²) >= 11 is 0. The van der Waals surface area contributed by atoms with Crippen LogP contribution < -0.4 is 0 Å². The Morgan fingerprint density at radius 3 is 1.55 bits per heavy atom. The lowest BCUT2D eigenvalue weighted by Crippen LogP contribution is -2.45. The van der Waals surface area contributed by atoms with E-state index >= 15 is 0 Å². The molecule has 0 fully saturated rings. The van der Waals surface area contributed by atoms with Crippen molar-refractivity contribution in [2.75, 3.05) is 21.3 Å². The van der Waals surface area contributed by atoms with E-state index in [-0.39, 0.29) is 0 Å². The van der Waals surface area contributed by atoms with Crippen LogP contribution in [0.2, 0.25) is 44.3 Å². The molecule has 0 aliphatic rings. The minimum absolute atomic E-state index is 0.900. The molecule has 0 saturated heterocycles. The fraction of sp³-hybridized carbons (Fsp3) is 0.875. The van der Waals surface area contributed by atoms with Gasteiger partial charge in [-0.1, -0.05) is 69.3 Å². The highest BCUT2D eigenvalue weighted by Gasteiger charge is 2.40. The topological polar surface area (TPSA) is 27.7 Å². The molecule has 0 spiro atoms. The van der Waals surface area contributed by atoms with Crippen LogP contribution in [0.15, 0.2) is 11.4 Å². The maximum absolute atomic E-state index is 5.53. The molecule has 0 N–H and O–H groups in total. The van der Waals surface area contributed by atoms with Gasteiger partial charge in [0, 0.05) is 27.4 Å². The maximum atomic E-state index is 5.53. The second-order valence-corrected chi connectivity index (χ2v) is 20.8. The second-order valence-electron chi connectivity index (χ2n) is 7.50. The highest BCUT2D eigenvalue weighted by molar-refractivity contribution is 7.05. The Hall–Kier alpha value is 0.271. The molecule has 0 aromatic heterocycles. The van der Waals surface area contributed by atoms with Gasteiger partial charge in [-0.05, 0) is 0 Å². The lowest BCUT2D eigenvalue weighted by Gasteiger charge is -2.36. The van der Waals surface area contributed by atoms with E-state index < -0.39 is 25.0 Å². The van der Waals surface area contributed by atoms with Gasteiger partial charge in [0.15, 0.2) is 0 Å². The Labute approximate surface area is 141 Å². The van der Waals surface area contributed by atoms with Gasteiger partial charge >= 0.3 is 8.80 Å². The summed E-state index contributed by atoms with van der Waals surface area (Å²) in [4.78, 5) is 1.63. The third-order valence-corrected chi connectivity index (χ3v) is 18.4. The summed E-state index contributed by atoms with van der Waals surface area (Å²) in [5, 5.41) is 0. The van der Waals surface area contributed by atoms with Crippen molar-refractivity contribution >= 4 is 25.0 Å². The second kappa shape index (κ2) is 9.54. The van der Waals surface area contributed by atoms with Crippen molar-refractivity contribution in [2.45, 2.75) is 70.5 Å². The van der Waals surface area contributed by atoms with Gasteiger partial charge in [0.25, 0.3) is 0 Å². The molecule has 0 heterocycles. The lowest BCUT2D eigenvalue weighted by atomic mass is 10.4. The molecule has 0 aromatic rings. The Morgan fingerprint density at radius 2 is 1.18 bits per heavy atom. The van der Waals surface area contributed by atoms with Crippen molar-refractivity contribution in [2.24, 2.45) is 0 Å². The summed E-state index contributed by atoms with van der Waals surface area (Å²) in [5.41, 5.74) is 0. The smallest absolute Gasteiger partial charge is 0.377 e. The van der Waals surface area contributed by atoms with E-state index in [1.54, 1.807) is 26.1 Å². The van der Waals surface area contributed by atoms with Crippen molar-refractivity contribution in [3.8, 4) is 0 Å². The van der Waals surface area contributed by atoms with E-state index in [9.17, 15) is 0 Å². The summed E-state index contributed by atoms with van der Waals surface area (Å²) in [6.45, 7) is 16.8. The average molecular weight is 363 g/mol. The molecule has 0 radical (unpaired) electrons. The summed E-state index contributed by atoms with van der Waals surface area (Å²) in [7, 11) is -0.0335. The molecule has 0 bridgehead atoms. The summed E-state index contributed by atoms with van der Waals surface area (Å²) in [5.74, 6) is 0. The van der Waals surface area contributed by atoms with E-state index in [1.807, 2.05) is 0 Å². The van der Waals surface area contributed by atoms with E-state index in [0.29, 0.717) is 0 Å². The van der Waals surface area contributed by atoms with Gasteiger partial charge in [-0.2, -0.15) is 0 Å². The summed E-state index contributed by atoms with van der Waals surface area (Å²) < 4.78 is 16.6. The number of rotatable bonds is 12. The van der Waals surface area contributed by atoms with Gasteiger partial charge in [0.1, 0.15) is 0 Å². The average Bonchev–Trinajstić information content (AvgIpc) is 2.49. The number of unbranched alkanes of at least 4 members (excludes halogenated alkanes) is 1. The first-order valence-corrected chi connectivity index (χ1v) is 16.8. The highest BCUT2D eigenvalue weighted by atomic mass is 28.4. The van der Waals surface area contributed by atoms with Crippen LogP contribution in [-0.4, -0.2) is 46.3 Å². The molecule has 3 nitrogen and oxygen atoms in total. The number of hydrogen-bond donors (Lipinski definition) is 0. The molecular formula is C16H38O3Si3. The third kappa shape index (κ3) is 6.41. The first kappa shape index (κ1) is 22.3. The quantitative estimate of drug-likeness (QED) is 0.452. The first-order chi connectivity index (χ1) is 10.1. The van der Waals surface area contributed by atoms with Crippen LogP contribution in [0, 0.1) is 0 Å². The molecule has 0 unspecified atom stereocenters. The normalized spacial score (nSPS) is 13.5. The van der Waals surface area contributed by atoms with Crippen molar-refractivity contribution in [3.63, 3.8) is 0 Å². The molecule has 0 aliphatic carbocycles. The van der Waals surface area contributed by atoms with Crippen LogP contribution in [-0.2, 0) is 13.3 Å². The Morgan fingerprint density at radius 1 is 0.773 bits per heavy atom. The van der Waals surface area contributed by atoms with Crippen LogP contribution in [0.5, 0.6) is 0 Å². The van der Waals surface area contributed by atoms with Crippen LogP contribution in [0.1, 0.15) is 26.2 Å². The molecule has 132 valence electrons. The lowest BCUT2D eigenvalue weighted by molar-refractivity contribution is 0.123. The Bertz CT molecular complexity index is 331. The van der Waals surface area contributed by atoms with E-state index in [0.717, 1.165) is 12.5 Å². The molecule has 0 rings (SSSR count). The van der Waals surface area contributed by atoms with Gasteiger partial charge in [-0.3, -0.25) is 0 Å². The number of hydrogen-bond acceptors (Lipinski definition) is 3. The monoisotopic (exact) mass is 362 g/mol. The fourth-order valence-electron chi connectivity index (χ4n) is 3.14. The molecule has 6 heteroatoms. The van der Waals surface area contributed by atoms with Crippen LogP contribution >= 0.6 is 0 Å². The minimum Gasteiger partial charge on any atom is -0.377 e. The summed E-state index contributed by atoms with van der Waals surface area (Å²) in [6.07, 6.45) is 3.74. The van der Waals surface area contributed by atoms with Crippen LogP contribution in [0.3, 0.4) is 0 Å². The molecule has 0 amide bonds. The molecular weight excluding hydrogens is 324 g/mol. The van der Waals surface area contributed by atoms with Crippen molar-refractivity contribution in [3.05, 3.63) is 11.4 Å². The third-order valence-electron chi connectivity index (χ3n) is 5.01. The van der Waals surface area contributed by atoms with E-state index in [4.69, 9.17) is 13.3 Å². The van der Waals surface area contributed by atoms with Gasteiger partial charge < -0.3 is 13.3 Å². The predicted molar refractivity (Wildman–Crippen MR) is 105 cm³/mol. The Balaban J connectivity index is 4.66. The zero-order valence-electron chi connectivity index (χ0n) is 16.2. The van der Waals surface area contributed by atoms with Crippen molar-refractivity contribution < 1.29 is 13.3 Å². The molecule has 0 saturated carbocycles. The first-order valence-electron chi connectivity index (χ1n) is 8.46. The summed E-state index contributed by atoms with van der Waals surface area (Å²) in [6, 6.07) is 3.53. The maximum Gasteiger partial charge on any atom is 0.500 e. The minimum atomic E-state index is -2.41. The zero-order chi connectivity index (χ0) is 17.4. The van der Waals surface area contributed by atoms with Crippen molar-refractivity contribution in [1.82, 2.24) is 0 Å². The SMILES string of the molecule is C=C([Si](C)(C)CCCC)[Si](C)(C)CCC[Si](OC)(OC)OC. The molecule has 0 aromatic carbocycles. The van der Waals surface area contributed by atoms with Gasteiger partial charge in [-0.25, -0.2) is 0 Å². The van der Waals surface area contributed by atoms with Gasteiger partial charge in [-0.15, -0.1) is 6.58 Å². The van der Waals surface area contributed by atoms with Crippen LogP contribution in [0.4, 0.5) is 0 Å². The van der Waals surface area contributed by atoms with Crippen molar-refractivity contribution in [1.29, 1.82) is 0 Å². The standard InChI is InChI=1S/C16H38O3Si3/c1-10-11-13-20(6,7)16(2)21(8,9)14-12-15-22(17-3,18-4)19-5/h2,10-15H2,1,3-9H3. The fourth-order valence-corrected chi connectivity index (χ4v) is 16.2. The van der Waals surface area contributed by atoms with Crippen LogP contribution in [0.25, 0.3) is 0 Å². The highest BCUT2D eigenvalue weighted by Crippen LogP contribution is 2.33. The Kier molecular flexibility index (Phi) is 9.66. The largest absolute Gasteiger partial charge is 0.500 e. The molecule has 0 aliphatic heterocycles. The predicted octanol–water partition coefficient (Wildman–Crippen LogP) is 5.11. The van der Waals surface area contributed by atoms with Gasteiger partial charge in [0.2, 0.25) is 0 Å².